The Morgan fingerprint density at radius 3 is 2.68 bits per heavy atom. The summed E-state index contributed by atoms with van der Waals surface area (Å²) in [5.41, 5.74) is 2.47. The molecule has 0 bridgehead atoms. The van der Waals surface area contributed by atoms with E-state index in [2.05, 4.69) is 30.3 Å². The number of methoxy groups -OCH3 is 1. The van der Waals surface area contributed by atoms with Crippen LogP contribution in [-0.4, -0.2) is 35.6 Å². The summed E-state index contributed by atoms with van der Waals surface area (Å²) in [6.45, 7) is 5.29. The summed E-state index contributed by atoms with van der Waals surface area (Å²) < 4.78 is 7.76. The van der Waals surface area contributed by atoms with Crippen molar-refractivity contribution in [2.24, 2.45) is 13.0 Å². The molecule has 2 rings (SSSR count). The van der Waals surface area contributed by atoms with Crippen LogP contribution >= 0.6 is 0 Å². The second-order valence-electron chi connectivity index (χ2n) is 5.51. The highest BCUT2D eigenvalue weighted by Gasteiger charge is 2.36. The van der Waals surface area contributed by atoms with Crippen LogP contribution in [0.4, 0.5) is 0 Å². The van der Waals surface area contributed by atoms with E-state index in [1.807, 2.05) is 18.8 Å². The molecule has 0 spiro atoms. The second-order valence-corrected chi connectivity index (χ2v) is 5.51. The molecule has 1 fully saturated rings. The quantitative estimate of drug-likeness (QED) is 0.780. The van der Waals surface area contributed by atoms with Crippen molar-refractivity contribution in [1.82, 2.24) is 15.1 Å². The maximum absolute atomic E-state index is 5.74. The average molecular weight is 265 g/mol. The van der Waals surface area contributed by atoms with Gasteiger partial charge >= 0.3 is 0 Å². The Hall–Kier alpha value is -0.870. The van der Waals surface area contributed by atoms with Crippen LogP contribution in [0.5, 0.6) is 0 Å². The topological polar surface area (TPSA) is 39.1 Å². The molecule has 1 aliphatic rings. The fourth-order valence-electron chi connectivity index (χ4n) is 2.84. The van der Waals surface area contributed by atoms with Gasteiger partial charge in [0, 0.05) is 32.3 Å². The molecule has 0 aromatic carbocycles. The normalized spacial score (nSPS) is 18.5. The fraction of sp³-hybridized carbons (Fsp3) is 0.800. The summed E-state index contributed by atoms with van der Waals surface area (Å²) in [5.74, 6) is 0.743. The van der Waals surface area contributed by atoms with Crippen molar-refractivity contribution in [3.05, 3.63) is 17.5 Å². The van der Waals surface area contributed by atoms with Crippen LogP contribution in [0.2, 0.25) is 0 Å². The Morgan fingerprint density at radius 1 is 1.47 bits per heavy atom. The summed E-state index contributed by atoms with van der Waals surface area (Å²) in [4.78, 5) is 0. The van der Waals surface area contributed by atoms with Crippen molar-refractivity contribution in [1.29, 1.82) is 0 Å². The molecule has 108 valence electrons. The van der Waals surface area contributed by atoms with Crippen molar-refractivity contribution >= 4 is 0 Å². The van der Waals surface area contributed by atoms with E-state index in [1.54, 1.807) is 0 Å². The lowest BCUT2D eigenvalue weighted by Gasteiger charge is -2.26. The SMILES string of the molecule is CCNC(Cc1cc(CC)nn1C)C(OC)C1CC1. The van der Waals surface area contributed by atoms with Crippen LogP contribution in [0.3, 0.4) is 0 Å². The monoisotopic (exact) mass is 265 g/mol. The minimum Gasteiger partial charge on any atom is -0.380 e. The van der Waals surface area contributed by atoms with Gasteiger partial charge in [0.1, 0.15) is 0 Å². The van der Waals surface area contributed by atoms with Crippen LogP contribution in [0.25, 0.3) is 0 Å². The number of hydrogen-bond donors (Lipinski definition) is 1. The Bertz CT molecular complexity index is 398. The fourth-order valence-corrected chi connectivity index (χ4v) is 2.84. The molecular weight excluding hydrogens is 238 g/mol. The largest absolute Gasteiger partial charge is 0.380 e. The summed E-state index contributed by atoms with van der Waals surface area (Å²) >= 11 is 0. The van der Waals surface area contributed by atoms with Crippen LogP contribution in [0, 0.1) is 5.92 Å². The summed E-state index contributed by atoms with van der Waals surface area (Å²) in [7, 11) is 3.88. The van der Waals surface area contributed by atoms with Crippen molar-refractivity contribution in [3.63, 3.8) is 0 Å². The van der Waals surface area contributed by atoms with Gasteiger partial charge in [-0.25, -0.2) is 0 Å². The van der Waals surface area contributed by atoms with Gasteiger partial charge in [0.2, 0.25) is 0 Å². The van der Waals surface area contributed by atoms with E-state index in [0.717, 1.165) is 25.3 Å². The Morgan fingerprint density at radius 2 is 2.21 bits per heavy atom. The number of aryl methyl sites for hydroxylation is 2. The predicted octanol–water partition coefficient (Wildman–Crippen LogP) is 1.93. The molecule has 1 aliphatic carbocycles. The first kappa shape index (κ1) is 14.5. The number of nitrogens with zero attached hydrogens (tertiary/aromatic N) is 2. The van der Waals surface area contributed by atoms with Gasteiger partial charge in [0.15, 0.2) is 0 Å². The number of hydrogen-bond acceptors (Lipinski definition) is 3. The second kappa shape index (κ2) is 6.53. The summed E-state index contributed by atoms with van der Waals surface area (Å²) in [6, 6.07) is 2.62. The van der Waals surface area contributed by atoms with Gasteiger partial charge in [-0.05, 0) is 37.8 Å². The predicted molar refractivity (Wildman–Crippen MR) is 77.3 cm³/mol. The van der Waals surface area contributed by atoms with Gasteiger partial charge < -0.3 is 10.1 Å². The van der Waals surface area contributed by atoms with Gasteiger partial charge in [-0.3, -0.25) is 4.68 Å². The molecule has 1 saturated carbocycles. The van der Waals surface area contributed by atoms with Gasteiger partial charge in [0.25, 0.3) is 0 Å². The highest BCUT2D eigenvalue weighted by atomic mass is 16.5. The van der Waals surface area contributed by atoms with Crippen molar-refractivity contribution in [3.8, 4) is 0 Å². The maximum atomic E-state index is 5.74. The molecule has 2 unspecified atom stereocenters. The van der Waals surface area contributed by atoms with E-state index in [1.165, 1.54) is 24.2 Å². The standard InChI is InChI=1S/C15H27N3O/c1-5-12-9-13(18(3)17-12)10-14(16-6-2)15(19-4)11-7-8-11/h9,11,14-16H,5-8,10H2,1-4H3. The van der Waals surface area contributed by atoms with E-state index in [0.29, 0.717) is 12.1 Å². The maximum Gasteiger partial charge on any atom is 0.0756 e. The molecule has 2 atom stereocenters. The Labute approximate surface area is 116 Å². The minimum atomic E-state index is 0.333. The zero-order valence-electron chi connectivity index (χ0n) is 12.6. The van der Waals surface area contributed by atoms with Gasteiger partial charge in [-0.15, -0.1) is 0 Å². The number of nitrogens with one attached hydrogen (secondary N) is 1. The van der Waals surface area contributed by atoms with Crippen molar-refractivity contribution in [2.75, 3.05) is 13.7 Å². The van der Waals surface area contributed by atoms with E-state index in [-0.39, 0.29) is 0 Å². The van der Waals surface area contributed by atoms with E-state index in [4.69, 9.17) is 4.74 Å². The lowest BCUT2D eigenvalue weighted by molar-refractivity contribution is 0.0510. The van der Waals surface area contributed by atoms with Gasteiger partial charge in [0.05, 0.1) is 11.8 Å². The third kappa shape index (κ3) is 3.57. The Kier molecular flexibility index (Phi) is 4.99. The first-order chi connectivity index (χ1) is 9.19. The smallest absolute Gasteiger partial charge is 0.0756 e. The molecule has 1 aromatic heterocycles. The van der Waals surface area contributed by atoms with Crippen molar-refractivity contribution in [2.45, 2.75) is 51.7 Å². The Balaban J connectivity index is 2.07. The van der Waals surface area contributed by atoms with Gasteiger partial charge in [-0.2, -0.15) is 5.10 Å². The number of rotatable bonds is 8. The molecule has 1 heterocycles. The third-order valence-electron chi connectivity index (χ3n) is 4.04. The molecule has 4 heteroatoms. The van der Waals surface area contributed by atoms with Crippen LogP contribution < -0.4 is 5.32 Å². The van der Waals surface area contributed by atoms with Crippen molar-refractivity contribution < 1.29 is 4.74 Å². The zero-order valence-corrected chi connectivity index (χ0v) is 12.6. The van der Waals surface area contributed by atoms with Crippen LogP contribution in [0.1, 0.15) is 38.1 Å². The van der Waals surface area contributed by atoms with E-state index >= 15 is 0 Å². The van der Waals surface area contributed by atoms with Crippen LogP contribution in [0.15, 0.2) is 6.07 Å². The minimum absolute atomic E-state index is 0.333. The summed E-state index contributed by atoms with van der Waals surface area (Å²) in [5, 5.41) is 8.13. The number of aromatic nitrogens is 2. The molecule has 4 nitrogen and oxygen atoms in total. The van der Waals surface area contributed by atoms with Crippen LogP contribution in [-0.2, 0) is 24.6 Å². The highest BCUT2D eigenvalue weighted by Crippen LogP contribution is 2.36. The molecule has 1 aromatic rings. The first-order valence-corrected chi connectivity index (χ1v) is 7.47. The number of ether oxygens (including phenoxy) is 1. The lowest BCUT2D eigenvalue weighted by atomic mass is 10.0. The molecular formula is C15H27N3O. The first-order valence-electron chi connectivity index (χ1n) is 7.47. The van der Waals surface area contributed by atoms with E-state index in [9.17, 15) is 0 Å². The highest BCUT2D eigenvalue weighted by molar-refractivity contribution is 5.12. The zero-order chi connectivity index (χ0) is 13.8. The number of likely N-dealkylation sites (N-methyl/N-ethyl adjacent to an activating group) is 1. The lowest BCUT2D eigenvalue weighted by Crippen LogP contribution is -2.44. The molecule has 0 aliphatic heterocycles. The van der Waals surface area contributed by atoms with Gasteiger partial charge in [-0.1, -0.05) is 13.8 Å². The average Bonchev–Trinajstić information content (AvgIpc) is 3.16. The molecule has 1 N–H and O–H groups in total. The summed E-state index contributed by atoms with van der Waals surface area (Å²) in [6.07, 6.45) is 4.94. The molecule has 0 amide bonds. The molecule has 0 radical (unpaired) electrons. The molecule has 0 saturated heterocycles. The third-order valence-corrected chi connectivity index (χ3v) is 4.04. The van der Waals surface area contributed by atoms with E-state index < -0.39 is 0 Å². The molecule has 19 heavy (non-hydrogen) atoms.